The van der Waals surface area contributed by atoms with Crippen LogP contribution in [0.5, 0.6) is 0 Å². The van der Waals surface area contributed by atoms with Crippen LogP contribution in [0.3, 0.4) is 0 Å². The molecule has 0 aliphatic carbocycles. The van der Waals surface area contributed by atoms with Gasteiger partial charge in [0.05, 0.1) is 17.8 Å². The maximum Gasteiger partial charge on any atom is 0.0705 e. The predicted octanol–water partition coefficient (Wildman–Crippen LogP) is 2.36. The van der Waals surface area contributed by atoms with Gasteiger partial charge in [0, 0.05) is 25.1 Å². The number of rotatable bonds is 6. The standard InChI is InChI=1S/C14H18N2O/c1-2-17-10-9-15-11-13-8-7-12-5-3-4-6-14(12)16-13/h3-8,15H,2,9-11H2,1H3. The molecule has 1 aromatic heterocycles. The smallest absolute Gasteiger partial charge is 0.0705 e. The Labute approximate surface area is 102 Å². The van der Waals surface area contributed by atoms with Gasteiger partial charge in [-0.25, -0.2) is 0 Å². The van der Waals surface area contributed by atoms with E-state index in [0.29, 0.717) is 0 Å². The number of nitrogens with zero attached hydrogens (tertiary/aromatic N) is 1. The summed E-state index contributed by atoms with van der Waals surface area (Å²) in [6.45, 7) is 5.19. The number of benzene rings is 1. The Morgan fingerprint density at radius 2 is 2.06 bits per heavy atom. The van der Waals surface area contributed by atoms with Crippen LogP contribution >= 0.6 is 0 Å². The summed E-state index contributed by atoms with van der Waals surface area (Å²) in [6.07, 6.45) is 0. The van der Waals surface area contributed by atoms with Crippen molar-refractivity contribution in [1.82, 2.24) is 10.3 Å². The lowest BCUT2D eigenvalue weighted by Gasteiger charge is -2.05. The molecule has 0 bridgehead atoms. The lowest BCUT2D eigenvalue weighted by atomic mass is 10.2. The number of hydrogen-bond donors (Lipinski definition) is 1. The van der Waals surface area contributed by atoms with Crippen LogP contribution in [-0.2, 0) is 11.3 Å². The average Bonchev–Trinajstić information content (AvgIpc) is 2.38. The van der Waals surface area contributed by atoms with Gasteiger partial charge in [0.1, 0.15) is 0 Å². The first-order valence-corrected chi connectivity index (χ1v) is 6.03. The molecule has 0 radical (unpaired) electrons. The van der Waals surface area contributed by atoms with E-state index >= 15 is 0 Å². The molecule has 2 rings (SSSR count). The summed E-state index contributed by atoms with van der Waals surface area (Å²) in [6, 6.07) is 12.3. The third-order valence-electron chi connectivity index (χ3n) is 2.59. The van der Waals surface area contributed by atoms with Gasteiger partial charge in [-0.1, -0.05) is 24.3 Å². The van der Waals surface area contributed by atoms with Gasteiger partial charge in [-0.2, -0.15) is 0 Å². The Morgan fingerprint density at radius 1 is 1.18 bits per heavy atom. The maximum atomic E-state index is 5.26. The van der Waals surface area contributed by atoms with Crippen molar-refractivity contribution in [1.29, 1.82) is 0 Å². The molecular formula is C14H18N2O. The predicted molar refractivity (Wildman–Crippen MR) is 69.9 cm³/mol. The molecule has 2 aromatic rings. The zero-order valence-electron chi connectivity index (χ0n) is 10.1. The van der Waals surface area contributed by atoms with E-state index in [1.165, 1.54) is 5.39 Å². The Morgan fingerprint density at radius 3 is 2.94 bits per heavy atom. The maximum absolute atomic E-state index is 5.26. The highest BCUT2D eigenvalue weighted by Crippen LogP contribution is 2.11. The number of ether oxygens (including phenoxy) is 1. The molecule has 1 heterocycles. The molecule has 1 N–H and O–H groups in total. The summed E-state index contributed by atoms with van der Waals surface area (Å²) in [4.78, 5) is 4.59. The second-order valence-corrected chi connectivity index (χ2v) is 3.87. The Kier molecular flexibility index (Phi) is 4.47. The monoisotopic (exact) mass is 230 g/mol. The fourth-order valence-corrected chi connectivity index (χ4v) is 1.71. The summed E-state index contributed by atoms with van der Waals surface area (Å²) in [7, 11) is 0. The van der Waals surface area contributed by atoms with E-state index in [0.717, 1.165) is 37.5 Å². The quantitative estimate of drug-likeness (QED) is 0.774. The van der Waals surface area contributed by atoms with Crippen molar-refractivity contribution in [2.75, 3.05) is 19.8 Å². The third-order valence-corrected chi connectivity index (χ3v) is 2.59. The second-order valence-electron chi connectivity index (χ2n) is 3.87. The van der Waals surface area contributed by atoms with Gasteiger partial charge in [-0.05, 0) is 19.1 Å². The largest absolute Gasteiger partial charge is 0.380 e. The van der Waals surface area contributed by atoms with Gasteiger partial charge in [0.2, 0.25) is 0 Å². The van der Waals surface area contributed by atoms with Crippen LogP contribution in [0.15, 0.2) is 36.4 Å². The van der Waals surface area contributed by atoms with Crippen LogP contribution in [0.2, 0.25) is 0 Å². The Bertz CT molecular complexity index is 470. The first kappa shape index (κ1) is 12.0. The zero-order chi connectivity index (χ0) is 11.9. The summed E-state index contributed by atoms with van der Waals surface area (Å²) in [5, 5.41) is 4.50. The molecule has 1 aromatic carbocycles. The zero-order valence-corrected chi connectivity index (χ0v) is 10.1. The van der Waals surface area contributed by atoms with Crippen LogP contribution < -0.4 is 5.32 Å². The van der Waals surface area contributed by atoms with Crippen molar-refractivity contribution in [3.63, 3.8) is 0 Å². The molecular weight excluding hydrogens is 212 g/mol. The van der Waals surface area contributed by atoms with Crippen molar-refractivity contribution in [2.45, 2.75) is 13.5 Å². The molecule has 0 atom stereocenters. The molecule has 0 saturated carbocycles. The van der Waals surface area contributed by atoms with Gasteiger partial charge < -0.3 is 10.1 Å². The van der Waals surface area contributed by atoms with Crippen LogP contribution in [-0.4, -0.2) is 24.7 Å². The van der Waals surface area contributed by atoms with Crippen molar-refractivity contribution in [2.24, 2.45) is 0 Å². The van der Waals surface area contributed by atoms with Crippen molar-refractivity contribution in [3.8, 4) is 0 Å². The van der Waals surface area contributed by atoms with Crippen molar-refractivity contribution >= 4 is 10.9 Å². The summed E-state index contributed by atoms with van der Waals surface area (Å²) < 4.78 is 5.26. The van der Waals surface area contributed by atoms with E-state index in [-0.39, 0.29) is 0 Å². The molecule has 3 heteroatoms. The first-order valence-electron chi connectivity index (χ1n) is 6.03. The van der Waals surface area contributed by atoms with Crippen LogP contribution in [0.1, 0.15) is 12.6 Å². The van der Waals surface area contributed by atoms with Gasteiger partial charge >= 0.3 is 0 Å². The normalized spacial score (nSPS) is 10.9. The number of nitrogens with one attached hydrogen (secondary N) is 1. The third kappa shape index (κ3) is 3.51. The molecule has 90 valence electrons. The highest BCUT2D eigenvalue weighted by atomic mass is 16.5. The number of hydrogen-bond acceptors (Lipinski definition) is 3. The van der Waals surface area contributed by atoms with Crippen LogP contribution in [0.4, 0.5) is 0 Å². The summed E-state index contributed by atoms with van der Waals surface area (Å²) >= 11 is 0. The lowest BCUT2D eigenvalue weighted by molar-refractivity contribution is 0.149. The fraction of sp³-hybridized carbons (Fsp3) is 0.357. The highest BCUT2D eigenvalue weighted by Gasteiger charge is 1.97. The van der Waals surface area contributed by atoms with Gasteiger partial charge in [0.25, 0.3) is 0 Å². The van der Waals surface area contributed by atoms with Crippen LogP contribution in [0.25, 0.3) is 10.9 Å². The van der Waals surface area contributed by atoms with E-state index in [1.807, 2.05) is 25.1 Å². The minimum atomic E-state index is 0.754. The van der Waals surface area contributed by atoms with E-state index < -0.39 is 0 Å². The van der Waals surface area contributed by atoms with E-state index in [2.05, 4.69) is 28.5 Å². The Hall–Kier alpha value is -1.45. The molecule has 0 aliphatic rings. The number of aromatic nitrogens is 1. The molecule has 17 heavy (non-hydrogen) atoms. The second kappa shape index (κ2) is 6.33. The highest BCUT2D eigenvalue weighted by molar-refractivity contribution is 5.78. The summed E-state index contributed by atoms with van der Waals surface area (Å²) in [5.41, 5.74) is 2.12. The van der Waals surface area contributed by atoms with E-state index in [1.54, 1.807) is 0 Å². The van der Waals surface area contributed by atoms with Gasteiger partial charge in [0.15, 0.2) is 0 Å². The minimum absolute atomic E-state index is 0.754. The lowest BCUT2D eigenvalue weighted by Crippen LogP contribution is -2.19. The number of para-hydroxylation sites is 1. The molecule has 3 nitrogen and oxygen atoms in total. The molecule has 0 saturated heterocycles. The molecule has 0 unspecified atom stereocenters. The molecule has 0 spiro atoms. The van der Waals surface area contributed by atoms with Gasteiger partial charge in [-0.15, -0.1) is 0 Å². The first-order chi connectivity index (χ1) is 8.40. The fourth-order valence-electron chi connectivity index (χ4n) is 1.71. The number of pyridine rings is 1. The van der Waals surface area contributed by atoms with E-state index in [4.69, 9.17) is 4.74 Å². The van der Waals surface area contributed by atoms with E-state index in [9.17, 15) is 0 Å². The number of fused-ring (bicyclic) bond motifs is 1. The average molecular weight is 230 g/mol. The van der Waals surface area contributed by atoms with Gasteiger partial charge in [-0.3, -0.25) is 4.98 Å². The SMILES string of the molecule is CCOCCNCc1ccc2ccccc2n1. The molecule has 0 fully saturated rings. The summed E-state index contributed by atoms with van der Waals surface area (Å²) in [5.74, 6) is 0. The molecule has 0 aliphatic heterocycles. The topological polar surface area (TPSA) is 34.1 Å². The Balaban J connectivity index is 1.90. The minimum Gasteiger partial charge on any atom is -0.380 e. The van der Waals surface area contributed by atoms with Crippen molar-refractivity contribution < 1.29 is 4.74 Å². The van der Waals surface area contributed by atoms with Crippen LogP contribution in [0, 0.1) is 0 Å². The molecule has 0 amide bonds. The van der Waals surface area contributed by atoms with Crippen molar-refractivity contribution in [3.05, 3.63) is 42.1 Å².